The summed E-state index contributed by atoms with van der Waals surface area (Å²) in [6.45, 7) is 2.23. The number of hydrogen-bond donors (Lipinski definition) is 2. The van der Waals surface area contributed by atoms with E-state index in [9.17, 15) is 4.79 Å². The number of imidazole rings is 1. The highest BCUT2D eigenvalue weighted by molar-refractivity contribution is 7.09. The average Bonchev–Trinajstić information content (AvgIpc) is 3.39. The van der Waals surface area contributed by atoms with E-state index in [-0.39, 0.29) is 5.91 Å². The summed E-state index contributed by atoms with van der Waals surface area (Å²) in [5, 5.41) is 13.7. The van der Waals surface area contributed by atoms with E-state index in [1.165, 1.54) is 0 Å². The van der Waals surface area contributed by atoms with Crippen LogP contribution < -0.4 is 5.32 Å². The van der Waals surface area contributed by atoms with E-state index in [2.05, 4.69) is 36.5 Å². The third-order valence-corrected chi connectivity index (χ3v) is 5.72. The number of hydrogen-bond acceptors (Lipinski definition) is 6. The zero-order valence-electron chi connectivity index (χ0n) is 16.9. The van der Waals surface area contributed by atoms with Crippen LogP contribution in [0.4, 0.5) is 0 Å². The fraction of sp³-hybridized carbons (Fsp3) is 0.318. The van der Waals surface area contributed by atoms with Gasteiger partial charge in [0.05, 0.1) is 34.0 Å². The van der Waals surface area contributed by atoms with E-state index >= 15 is 0 Å². The van der Waals surface area contributed by atoms with Crippen LogP contribution in [0.15, 0.2) is 41.8 Å². The predicted molar refractivity (Wildman–Crippen MR) is 117 cm³/mol. The van der Waals surface area contributed by atoms with Crippen LogP contribution in [-0.2, 0) is 19.4 Å². The van der Waals surface area contributed by atoms with Gasteiger partial charge in [-0.25, -0.2) is 9.97 Å². The number of aryl methyl sites for hydroxylation is 3. The quantitative estimate of drug-likeness (QED) is 0.399. The van der Waals surface area contributed by atoms with E-state index in [1.807, 2.05) is 42.6 Å². The summed E-state index contributed by atoms with van der Waals surface area (Å²) < 4.78 is 0. The first-order chi connectivity index (χ1) is 14.7. The maximum absolute atomic E-state index is 12.3. The summed E-state index contributed by atoms with van der Waals surface area (Å²) in [6.07, 6.45) is 5.07. The summed E-state index contributed by atoms with van der Waals surface area (Å²) in [6, 6.07) is 11.8. The summed E-state index contributed by atoms with van der Waals surface area (Å²) in [7, 11) is 0. The van der Waals surface area contributed by atoms with Crippen LogP contribution in [0.5, 0.6) is 0 Å². The van der Waals surface area contributed by atoms with Crippen LogP contribution in [0, 0.1) is 6.92 Å². The lowest BCUT2D eigenvalue weighted by atomic mass is 10.1. The number of thiazole rings is 1. The predicted octanol–water partition coefficient (Wildman–Crippen LogP) is 4.00. The zero-order valence-corrected chi connectivity index (χ0v) is 17.7. The Morgan fingerprint density at radius 3 is 2.73 bits per heavy atom. The highest BCUT2D eigenvalue weighted by Crippen LogP contribution is 2.15. The molecule has 0 radical (unpaired) electrons. The molecule has 0 aliphatic carbocycles. The van der Waals surface area contributed by atoms with E-state index < -0.39 is 0 Å². The number of nitrogens with one attached hydrogen (secondary N) is 2. The Labute approximate surface area is 179 Å². The van der Waals surface area contributed by atoms with Crippen molar-refractivity contribution in [2.24, 2.45) is 0 Å². The van der Waals surface area contributed by atoms with Gasteiger partial charge in [-0.1, -0.05) is 18.6 Å². The third-order valence-electron chi connectivity index (χ3n) is 4.81. The average molecular weight is 421 g/mol. The molecule has 7 nitrogen and oxygen atoms in total. The number of rotatable bonds is 9. The van der Waals surface area contributed by atoms with Crippen molar-refractivity contribution in [2.75, 3.05) is 0 Å². The molecule has 30 heavy (non-hydrogen) atoms. The second-order valence-electron chi connectivity index (χ2n) is 7.24. The van der Waals surface area contributed by atoms with E-state index in [1.54, 1.807) is 11.3 Å². The van der Waals surface area contributed by atoms with Gasteiger partial charge in [0, 0.05) is 11.8 Å². The lowest BCUT2D eigenvalue weighted by Gasteiger charge is -2.02. The van der Waals surface area contributed by atoms with E-state index in [0.717, 1.165) is 65.4 Å². The van der Waals surface area contributed by atoms with Gasteiger partial charge in [0.1, 0.15) is 11.5 Å². The molecule has 4 aromatic rings. The molecule has 0 aliphatic heterocycles. The number of amides is 1. The zero-order chi connectivity index (χ0) is 20.8. The van der Waals surface area contributed by atoms with Crippen molar-refractivity contribution in [3.63, 3.8) is 0 Å². The molecule has 1 amide bonds. The second kappa shape index (κ2) is 9.58. The molecule has 0 bridgehead atoms. The SMILES string of the molecule is Cc1ccc(CNC(=O)c2csc(CCCCCc3nc4ccccc4[nH]3)n2)nn1. The number of carbonyl (C=O) groups excluding carboxylic acids is 1. The minimum Gasteiger partial charge on any atom is -0.345 e. The topological polar surface area (TPSA) is 96.5 Å². The molecule has 1 aromatic carbocycles. The first-order valence-corrected chi connectivity index (χ1v) is 11.0. The van der Waals surface area contributed by atoms with Gasteiger partial charge in [-0.05, 0) is 50.5 Å². The van der Waals surface area contributed by atoms with Crippen LogP contribution in [0.1, 0.15) is 52.0 Å². The number of benzene rings is 1. The molecule has 0 saturated heterocycles. The molecular formula is C22H24N6OS. The largest absolute Gasteiger partial charge is 0.345 e. The smallest absolute Gasteiger partial charge is 0.271 e. The van der Waals surface area contributed by atoms with Crippen LogP contribution in [0.2, 0.25) is 0 Å². The highest BCUT2D eigenvalue weighted by Gasteiger charge is 2.11. The first-order valence-electron chi connectivity index (χ1n) is 10.1. The van der Waals surface area contributed by atoms with Gasteiger partial charge in [-0.3, -0.25) is 4.79 Å². The van der Waals surface area contributed by atoms with Crippen molar-refractivity contribution >= 4 is 28.3 Å². The molecule has 0 aliphatic rings. The van der Waals surface area contributed by atoms with Crippen LogP contribution in [0.25, 0.3) is 11.0 Å². The molecule has 0 saturated carbocycles. The molecule has 8 heteroatoms. The molecule has 0 atom stereocenters. The Kier molecular flexibility index (Phi) is 6.44. The molecule has 0 unspecified atom stereocenters. The Hall–Kier alpha value is -3.13. The number of carbonyl (C=O) groups is 1. The molecule has 4 rings (SSSR count). The fourth-order valence-corrected chi connectivity index (χ4v) is 4.00. The molecule has 3 heterocycles. The van der Waals surface area contributed by atoms with Crippen molar-refractivity contribution in [1.29, 1.82) is 0 Å². The number of aromatic nitrogens is 5. The molecule has 154 valence electrons. The van der Waals surface area contributed by atoms with Crippen LogP contribution in [-0.4, -0.2) is 31.1 Å². The van der Waals surface area contributed by atoms with Gasteiger partial charge in [-0.2, -0.15) is 10.2 Å². The Balaban J connectivity index is 1.17. The minimum absolute atomic E-state index is 0.176. The molecule has 0 spiro atoms. The first kappa shape index (κ1) is 20.2. The number of nitrogens with zero attached hydrogens (tertiary/aromatic N) is 4. The van der Waals surface area contributed by atoms with Gasteiger partial charge in [0.25, 0.3) is 5.91 Å². The normalized spacial score (nSPS) is 11.1. The Bertz CT molecular complexity index is 1090. The number of aromatic amines is 1. The standard InChI is InChI=1S/C22H24N6OS/c1-15-11-12-16(28-27-15)13-23-22(29)19-14-30-21(26-19)10-4-2-3-9-20-24-17-7-5-6-8-18(17)25-20/h5-8,11-12,14H,2-4,9-10,13H2,1H3,(H,23,29)(H,24,25). The monoisotopic (exact) mass is 420 g/mol. The number of H-pyrrole nitrogens is 1. The fourth-order valence-electron chi connectivity index (χ4n) is 3.18. The van der Waals surface area contributed by atoms with Gasteiger partial charge in [0.2, 0.25) is 0 Å². The maximum Gasteiger partial charge on any atom is 0.271 e. The van der Waals surface area contributed by atoms with Gasteiger partial charge in [0.15, 0.2) is 0 Å². The lowest BCUT2D eigenvalue weighted by Crippen LogP contribution is -2.23. The maximum atomic E-state index is 12.3. The second-order valence-corrected chi connectivity index (χ2v) is 8.18. The molecule has 0 fully saturated rings. The van der Waals surface area contributed by atoms with E-state index in [4.69, 9.17) is 0 Å². The van der Waals surface area contributed by atoms with Crippen molar-refractivity contribution in [3.8, 4) is 0 Å². The van der Waals surface area contributed by atoms with Crippen molar-refractivity contribution in [2.45, 2.75) is 45.6 Å². The summed E-state index contributed by atoms with van der Waals surface area (Å²) in [5.74, 6) is 0.868. The Morgan fingerprint density at radius 1 is 1.03 bits per heavy atom. The summed E-state index contributed by atoms with van der Waals surface area (Å²) in [4.78, 5) is 24.7. The Morgan fingerprint density at radius 2 is 1.90 bits per heavy atom. The minimum atomic E-state index is -0.176. The molecular weight excluding hydrogens is 396 g/mol. The van der Waals surface area contributed by atoms with Gasteiger partial charge >= 0.3 is 0 Å². The number of para-hydroxylation sites is 2. The third kappa shape index (κ3) is 5.27. The number of unbranched alkanes of at least 4 members (excludes halogenated alkanes) is 2. The van der Waals surface area contributed by atoms with Crippen LogP contribution >= 0.6 is 11.3 Å². The summed E-state index contributed by atoms with van der Waals surface area (Å²) >= 11 is 1.54. The number of fused-ring (bicyclic) bond motifs is 1. The van der Waals surface area contributed by atoms with Gasteiger partial charge < -0.3 is 10.3 Å². The van der Waals surface area contributed by atoms with Crippen molar-refractivity contribution in [3.05, 3.63) is 69.7 Å². The van der Waals surface area contributed by atoms with Gasteiger partial charge in [-0.15, -0.1) is 11.3 Å². The molecule has 2 N–H and O–H groups in total. The van der Waals surface area contributed by atoms with Crippen molar-refractivity contribution < 1.29 is 4.79 Å². The highest BCUT2D eigenvalue weighted by atomic mass is 32.1. The van der Waals surface area contributed by atoms with Crippen LogP contribution in [0.3, 0.4) is 0 Å². The summed E-state index contributed by atoms with van der Waals surface area (Å²) in [5.41, 5.74) is 4.17. The lowest BCUT2D eigenvalue weighted by molar-refractivity contribution is 0.0946. The molecule has 3 aromatic heterocycles. The van der Waals surface area contributed by atoms with Crippen molar-refractivity contribution in [1.82, 2.24) is 30.5 Å². The van der Waals surface area contributed by atoms with E-state index in [0.29, 0.717) is 12.2 Å².